The Labute approximate surface area is 60.7 Å². The van der Waals surface area contributed by atoms with Gasteiger partial charge in [0.05, 0.1) is 0 Å². The maximum Gasteiger partial charge on any atom is 0.397 e. The van der Waals surface area contributed by atoms with Crippen LogP contribution < -0.4 is 0 Å². The fraction of sp³-hybridized carbons (Fsp3) is 0.750. The van der Waals surface area contributed by atoms with Crippen molar-refractivity contribution in [1.29, 1.82) is 0 Å². The lowest BCUT2D eigenvalue weighted by molar-refractivity contribution is -0.157. The van der Waals surface area contributed by atoms with Crippen LogP contribution in [-0.4, -0.2) is 23.6 Å². The Morgan fingerprint density at radius 2 is 2.00 bits per heavy atom. The molecule has 0 fully saturated rings. The number of carbonyl (C=O) groups is 1. The predicted octanol–water partition coefficient (Wildman–Crippen LogP) is 1.55. The van der Waals surface area contributed by atoms with Crippen molar-refractivity contribution in [3.05, 3.63) is 0 Å². The number of amides is 1. The highest BCUT2D eigenvalue weighted by atomic mass is 35.5. The van der Waals surface area contributed by atoms with Gasteiger partial charge in [-0.05, 0) is 0 Å². The number of rotatable bonds is 1. The van der Waals surface area contributed by atoms with Gasteiger partial charge in [-0.25, -0.2) is 0 Å². The normalized spacial score (nSPS) is 11.3. The second-order valence-corrected chi connectivity index (χ2v) is 2.17. The van der Waals surface area contributed by atoms with Crippen molar-refractivity contribution in [3.8, 4) is 0 Å². The number of halogens is 4. The molecule has 0 N–H and O–H groups in total. The zero-order valence-electron chi connectivity index (χ0n) is 5.07. The number of hydrogen-bond acceptors (Lipinski definition) is 1. The molecule has 0 aliphatic rings. The summed E-state index contributed by atoms with van der Waals surface area (Å²) in [5.74, 6) is -1.16. The molecule has 0 rings (SSSR count). The van der Waals surface area contributed by atoms with Gasteiger partial charge in [-0.3, -0.25) is 9.21 Å². The minimum Gasteiger partial charge on any atom is -0.273 e. The summed E-state index contributed by atoms with van der Waals surface area (Å²) >= 11 is 4.92. The molecule has 10 heavy (non-hydrogen) atoms. The highest BCUT2D eigenvalue weighted by Gasteiger charge is 2.32. The van der Waals surface area contributed by atoms with Gasteiger partial charge in [0.1, 0.15) is 6.42 Å². The lowest BCUT2D eigenvalue weighted by Crippen LogP contribution is -2.23. The van der Waals surface area contributed by atoms with E-state index < -0.39 is 18.5 Å². The standard InChI is InChI=1S/C4H5ClF3NO/c1-9(5)3(10)2-4(6,7)8/h2H2,1H3. The van der Waals surface area contributed by atoms with Crippen LogP contribution in [0.1, 0.15) is 6.42 Å². The smallest absolute Gasteiger partial charge is 0.273 e. The summed E-state index contributed by atoms with van der Waals surface area (Å²) in [6.45, 7) is 0. The van der Waals surface area contributed by atoms with Crippen molar-refractivity contribution < 1.29 is 18.0 Å². The Balaban J connectivity index is 3.81. The number of alkyl halides is 3. The monoisotopic (exact) mass is 175 g/mol. The van der Waals surface area contributed by atoms with Gasteiger partial charge in [0, 0.05) is 18.8 Å². The van der Waals surface area contributed by atoms with Crippen molar-refractivity contribution in [1.82, 2.24) is 4.42 Å². The number of carbonyl (C=O) groups excluding carboxylic acids is 1. The second kappa shape index (κ2) is 3.09. The Morgan fingerprint density at radius 3 is 2.10 bits per heavy atom. The molecule has 0 unspecified atom stereocenters. The predicted molar refractivity (Wildman–Crippen MR) is 29.3 cm³/mol. The van der Waals surface area contributed by atoms with Crippen molar-refractivity contribution in [2.45, 2.75) is 12.6 Å². The average Bonchev–Trinajstić information content (AvgIpc) is 1.60. The van der Waals surface area contributed by atoms with Crippen molar-refractivity contribution >= 4 is 17.7 Å². The largest absolute Gasteiger partial charge is 0.397 e. The molecule has 0 radical (unpaired) electrons. The molecule has 0 saturated heterocycles. The maximum absolute atomic E-state index is 11.4. The van der Waals surface area contributed by atoms with E-state index in [1.165, 1.54) is 0 Å². The van der Waals surface area contributed by atoms with Crippen molar-refractivity contribution in [2.75, 3.05) is 7.05 Å². The first-order valence-corrected chi connectivity index (χ1v) is 2.66. The fourth-order valence-electron chi connectivity index (χ4n) is 0.280. The Kier molecular flexibility index (Phi) is 2.96. The Bertz CT molecular complexity index is 133. The minimum absolute atomic E-state index is 0.382. The molecule has 0 aromatic rings. The molecule has 0 aromatic heterocycles. The first kappa shape index (κ1) is 9.55. The first-order valence-electron chi connectivity index (χ1n) is 2.32. The summed E-state index contributed by atoms with van der Waals surface area (Å²) in [5.41, 5.74) is 0. The van der Waals surface area contributed by atoms with Gasteiger partial charge in [-0.1, -0.05) is 0 Å². The zero-order valence-corrected chi connectivity index (χ0v) is 5.83. The molecule has 0 aliphatic heterocycles. The lowest BCUT2D eigenvalue weighted by atomic mass is 10.4. The van der Waals surface area contributed by atoms with Crippen LogP contribution in [0.3, 0.4) is 0 Å². The molecule has 60 valence electrons. The van der Waals surface area contributed by atoms with E-state index in [9.17, 15) is 18.0 Å². The van der Waals surface area contributed by atoms with E-state index in [0.717, 1.165) is 7.05 Å². The molecule has 0 spiro atoms. The highest BCUT2D eigenvalue weighted by Crippen LogP contribution is 2.20. The topological polar surface area (TPSA) is 20.3 Å². The maximum atomic E-state index is 11.4. The molecule has 0 aliphatic carbocycles. The number of hydrogen-bond donors (Lipinski definition) is 0. The van der Waals surface area contributed by atoms with Gasteiger partial charge in [0.25, 0.3) is 0 Å². The average molecular weight is 176 g/mol. The van der Waals surface area contributed by atoms with Crippen LogP contribution in [0.25, 0.3) is 0 Å². The summed E-state index contributed by atoms with van der Waals surface area (Å²) in [7, 11) is 1.05. The lowest BCUT2D eigenvalue weighted by Gasteiger charge is -2.08. The van der Waals surface area contributed by atoms with Gasteiger partial charge in [0.2, 0.25) is 5.91 Å². The van der Waals surface area contributed by atoms with Crippen LogP contribution in [0.15, 0.2) is 0 Å². The van der Waals surface area contributed by atoms with E-state index in [2.05, 4.69) is 0 Å². The molecule has 6 heteroatoms. The van der Waals surface area contributed by atoms with Crippen molar-refractivity contribution in [3.63, 3.8) is 0 Å². The summed E-state index contributed by atoms with van der Waals surface area (Å²) in [4.78, 5) is 10.2. The van der Waals surface area contributed by atoms with Gasteiger partial charge < -0.3 is 0 Å². The van der Waals surface area contributed by atoms with Gasteiger partial charge >= 0.3 is 6.18 Å². The Morgan fingerprint density at radius 1 is 1.60 bits per heavy atom. The molecule has 0 bridgehead atoms. The van der Waals surface area contributed by atoms with E-state index >= 15 is 0 Å². The molecular formula is C4H5ClF3NO. The number of nitrogens with zero attached hydrogens (tertiary/aromatic N) is 1. The van der Waals surface area contributed by atoms with E-state index in [0.29, 0.717) is 4.42 Å². The van der Waals surface area contributed by atoms with Crippen LogP contribution in [0.4, 0.5) is 13.2 Å². The molecule has 0 atom stereocenters. The zero-order chi connectivity index (χ0) is 8.36. The fourth-order valence-corrected chi connectivity index (χ4v) is 0.340. The van der Waals surface area contributed by atoms with E-state index in [1.54, 1.807) is 0 Å². The molecule has 2 nitrogen and oxygen atoms in total. The van der Waals surface area contributed by atoms with Crippen LogP contribution in [0.2, 0.25) is 0 Å². The highest BCUT2D eigenvalue weighted by molar-refractivity contribution is 6.21. The SMILES string of the molecule is CN(Cl)C(=O)CC(F)(F)F. The summed E-state index contributed by atoms with van der Waals surface area (Å²) in [6, 6.07) is 0. The third kappa shape index (κ3) is 4.43. The molecule has 0 saturated carbocycles. The van der Waals surface area contributed by atoms with Crippen molar-refractivity contribution in [2.24, 2.45) is 0 Å². The first-order chi connectivity index (χ1) is 4.33. The van der Waals surface area contributed by atoms with Gasteiger partial charge in [0.15, 0.2) is 0 Å². The quantitative estimate of drug-likeness (QED) is 0.554. The molecular weight excluding hydrogens is 170 g/mol. The van der Waals surface area contributed by atoms with Crippen LogP contribution in [0, 0.1) is 0 Å². The summed E-state index contributed by atoms with van der Waals surface area (Å²) < 4.78 is 34.5. The minimum atomic E-state index is -4.47. The third-order valence-corrected chi connectivity index (χ3v) is 0.884. The second-order valence-electron chi connectivity index (χ2n) is 1.66. The molecule has 0 aromatic carbocycles. The molecule has 1 amide bonds. The third-order valence-electron chi connectivity index (χ3n) is 0.695. The van der Waals surface area contributed by atoms with Crippen LogP contribution >= 0.6 is 11.8 Å². The Hall–Kier alpha value is -0.450. The van der Waals surface area contributed by atoms with Gasteiger partial charge in [-0.2, -0.15) is 13.2 Å². The van der Waals surface area contributed by atoms with E-state index in [4.69, 9.17) is 11.8 Å². The molecule has 0 heterocycles. The summed E-state index contributed by atoms with van der Waals surface area (Å²) in [6.07, 6.45) is -5.98. The van der Waals surface area contributed by atoms with E-state index in [-0.39, 0.29) is 0 Å². The van der Waals surface area contributed by atoms with Crippen LogP contribution in [0.5, 0.6) is 0 Å². The van der Waals surface area contributed by atoms with E-state index in [1.807, 2.05) is 0 Å². The van der Waals surface area contributed by atoms with Gasteiger partial charge in [-0.15, -0.1) is 0 Å². The summed E-state index contributed by atoms with van der Waals surface area (Å²) in [5, 5.41) is 0. The van der Waals surface area contributed by atoms with Crippen LogP contribution in [-0.2, 0) is 4.79 Å².